The van der Waals surface area contributed by atoms with Crippen molar-refractivity contribution in [2.24, 2.45) is 11.3 Å². The van der Waals surface area contributed by atoms with Crippen molar-refractivity contribution in [2.45, 2.75) is 73.9 Å². The highest BCUT2D eigenvalue weighted by Crippen LogP contribution is 2.39. The third-order valence-electron chi connectivity index (χ3n) is 5.69. The topological polar surface area (TPSA) is 68.3 Å². The summed E-state index contributed by atoms with van der Waals surface area (Å²) in [5.74, 6) is 1.26. The maximum absolute atomic E-state index is 13.1. The molecular formula is C23H33N3O3. The van der Waals surface area contributed by atoms with Gasteiger partial charge in [0, 0.05) is 43.0 Å². The smallest absolute Gasteiger partial charge is 0.227 e. The SMILES string of the molecule is Cc1cc(CN(C)C(=O)Cc2c3c(n(CC(C)C)c2C)CC(C)(C)CC3=O)on1. The van der Waals surface area contributed by atoms with Gasteiger partial charge in [-0.05, 0) is 37.2 Å². The maximum atomic E-state index is 13.1. The van der Waals surface area contributed by atoms with Crippen molar-refractivity contribution in [1.29, 1.82) is 0 Å². The number of hydrogen-bond donors (Lipinski definition) is 0. The van der Waals surface area contributed by atoms with Gasteiger partial charge in [0.15, 0.2) is 11.5 Å². The minimum atomic E-state index is -0.0498. The predicted octanol–water partition coefficient (Wildman–Crippen LogP) is 4.11. The fraction of sp³-hybridized carbons (Fsp3) is 0.609. The molecule has 29 heavy (non-hydrogen) atoms. The van der Waals surface area contributed by atoms with Crippen molar-refractivity contribution in [3.05, 3.63) is 40.0 Å². The Hall–Kier alpha value is -2.37. The number of Topliss-reactive ketones (excluding diaryl/α,β-unsaturated/α-hetero) is 1. The zero-order valence-electron chi connectivity index (χ0n) is 18.8. The molecule has 1 amide bonds. The standard InChI is InChI=1S/C23H33N3O3/c1-14(2)12-26-16(4)18(22-19(26)10-23(5,6)11-20(22)27)9-21(28)25(7)13-17-8-15(3)24-29-17/h8,14H,9-13H2,1-7H3. The second kappa shape index (κ2) is 7.81. The van der Waals surface area contributed by atoms with Crippen LogP contribution in [0.2, 0.25) is 0 Å². The van der Waals surface area contributed by atoms with Crippen molar-refractivity contribution in [3.63, 3.8) is 0 Å². The number of fused-ring (bicyclic) bond motifs is 1. The van der Waals surface area contributed by atoms with Crippen molar-refractivity contribution in [2.75, 3.05) is 7.05 Å². The van der Waals surface area contributed by atoms with Crippen LogP contribution in [0.4, 0.5) is 0 Å². The molecule has 6 nitrogen and oxygen atoms in total. The first kappa shape index (κ1) is 21.3. The van der Waals surface area contributed by atoms with Gasteiger partial charge in [0.1, 0.15) is 0 Å². The fourth-order valence-electron chi connectivity index (χ4n) is 4.33. The number of nitrogens with zero attached hydrogens (tertiary/aromatic N) is 3. The molecule has 158 valence electrons. The molecule has 0 atom stereocenters. The van der Waals surface area contributed by atoms with Gasteiger partial charge in [0.2, 0.25) is 5.91 Å². The summed E-state index contributed by atoms with van der Waals surface area (Å²) in [4.78, 5) is 27.7. The van der Waals surface area contributed by atoms with Crippen LogP contribution < -0.4 is 0 Å². The minimum Gasteiger partial charge on any atom is -0.359 e. The molecule has 0 radical (unpaired) electrons. The second-order valence-corrected chi connectivity index (χ2v) is 9.69. The van der Waals surface area contributed by atoms with Gasteiger partial charge in [-0.1, -0.05) is 32.9 Å². The predicted molar refractivity (Wildman–Crippen MR) is 112 cm³/mol. The molecule has 2 aromatic rings. The Bertz CT molecular complexity index is 934. The number of carbonyl (C=O) groups is 2. The Balaban J connectivity index is 1.91. The summed E-state index contributed by atoms with van der Waals surface area (Å²) >= 11 is 0. The van der Waals surface area contributed by atoms with Crippen LogP contribution in [0, 0.1) is 25.2 Å². The lowest BCUT2D eigenvalue weighted by atomic mass is 9.75. The van der Waals surface area contributed by atoms with Crippen LogP contribution in [0.1, 0.15) is 72.9 Å². The van der Waals surface area contributed by atoms with E-state index in [2.05, 4.69) is 37.4 Å². The Kier molecular flexibility index (Phi) is 5.74. The lowest BCUT2D eigenvalue weighted by molar-refractivity contribution is -0.129. The second-order valence-electron chi connectivity index (χ2n) is 9.69. The molecule has 0 fully saturated rings. The Morgan fingerprint density at radius 2 is 2.00 bits per heavy atom. The van der Waals surface area contributed by atoms with Gasteiger partial charge in [0.05, 0.1) is 18.7 Å². The van der Waals surface area contributed by atoms with E-state index in [1.807, 2.05) is 19.9 Å². The van der Waals surface area contributed by atoms with Gasteiger partial charge in [-0.25, -0.2) is 0 Å². The average molecular weight is 400 g/mol. The molecule has 1 aliphatic rings. The Morgan fingerprint density at radius 1 is 1.31 bits per heavy atom. The molecule has 3 rings (SSSR count). The molecule has 0 aromatic carbocycles. The summed E-state index contributed by atoms with van der Waals surface area (Å²) in [6.07, 6.45) is 1.62. The van der Waals surface area contributed by atoms with E-state index in [-0.39, 0.29) is 23.5 Å². The van der Waals surface area contributed by atoms with Crippen LogP contribution in [-0.4, -0.2) is 33.4 Å². The van der Waals surface area contributed by atoms with E-state index in [0.29, 0.717) is 24.6 Å². The van der Waals surface area contributed by atoms with Crippen molar-refractivity contribution in [3.8, 4) is 0 Å². The van der Waals surface area contributed by atoms with Crippen molar-refractivity contribution >= 4 is 11.7 Å². The van der Waals surface area contributed by atoms with Gasteiger partial charge in [-0.3, -0.25) is 9.59 Å². The molecule has 2 heterocycles. The first-order valence-electron chi connectivity index (χ1n) is 10.4. The number of hydrogen-bond acceptors (Lipinski definition) is 4. The van der Waals surface area contributed by atoms with E-state index in [1.165, 1.54) is 0 Å². The van der Waals surface area contributed by atoms with E-state index in [9.17, 15) is 9.59 Å². The summed E-state index contributed by atoms with van der Waals surface area (Å²) in [5.41, 5.74) is 4.59. The summed E-state index contributed by atoms with van der Waals surface area (Å²) in [6, 6.07) is 1.83. The van der Waals surface area contributed by atoms with Gasteiger partial charge in [0.25, 0.3) is 0 Å². The highest BCUT2D eigenvalue weighted by atomic mass is 16.5. The first-order valence-corrected chi connectivity index (χ1v) is 10.4. The quantitative estimate of drug-likeness (QED) is 0.733. The highest BCUT2D eigenvalue weighted by molar-refractivity contribution is 6.01. The molecule has 0 unspecified atom stereocenters. The van der Waals surface area contributed by atoms with E-state index in [0.717, 1.165) is 41.2 Å². The van der Waals surface area contributed by atoms with Crippen molar-refractivity contribution in [1.82, 2.24) is 14.6 Å². The molecule has 6 heteroatoms. The van der Waals surface area contributed by atoms with Crippen LogP contribution in [0.25, 0.3) is 0 Å². The Morgan fingerprint density at radius 3 is 2.59 bits per heavy atom. The molecule has 1 aliphatic carbocycles. The van der Waals surface area contributed by atoms with Gasteiger partial charge >= 0.3 is 0 Å². The van der Waals surface area contributed by atoms with E-state index in [1.54, 1.807) is 11.9 Å². The summed E-state index contributed by atoms with van der Waals surface area (Å²) in [6.45, 7) is 13.8. The number of amides is 1. The van der Waals surface area contributed by atoms with E-state index < -0.39 is 0 Å². The molecular weight excluding hydrogens is 366 g/mol. The van der Waals surface area contributed by atoms with Gasteiger partial charge in [-0.2, -0.15) is 0 Å². The van der Waals surface area contributed by atoms with Crippen LogP contribution in [0.3, 0.4) is 0 Å². The van der Waals surface area contributed by atoms with Crippen molar-refractivity contribution < 1.29 is 14.1 Å². The molecule has 0 spiro atoms. The first-order chi connectivity index (χ1) is 13.5. The summed E-state index contributed by atoms with van der Waals surface area (Å²) in [7, 11) is 1.76. The molecule has 2 aromatic heterocycles. The van der Waals surface area contributed by atoms with Crippen LogP contribution in [0.15, 0.2) is 10.6 Å². The fourth-order valence-corrected chi connectivity index (χ4v) is 4.33. The molecule has 0 bridgehead atoms. The third-order valence-corrected chi connectivity index (χ3v) is 5.69. The zero-order valence-corrected chi connectivity index (χ0v) is 18.8. The number of ketones is 1. The van der Waals surface area contributed by atoms with Gasteiger partial charge in [-0.15, -0.1) is 0 Å². The zero-order chi connectivity index (χ0) is 21.5. The number of rotatable bonds is 6. The summed E-state index contributed by atoms with van der Waals surface area (Å²) in [5, 5.41) is 3.88. The monoisotopic (exact) mass is 399 g/mol. The lowest BCUT2D eigenvalue weighted by Gasteiger charge is -2.30. The number of likely N-dealkylation sites (N-methyl/N-ethyl adjacent to an activating group) is 1. The largest absolute Gasteiger partial charge is 0.359 e. The number of aromatic nitrogens is 2. The summed E-state index contributed by atoms with van der Waals surface area (Å²) < 4.78 is 7.51. The Labute approximate surface area is 173 Å². The van der Waals surface area contributed by atoms with E-state index in [4.69, 9.17) is 4.52 Å². The number of carbonyl (C=O) groups excluding carboxylic acids is 2. The molecule has 0 saturated heterocycles. The maximum Gasteiger partial charge on any atom is 0.227 e. The number of aryl methyl sites for hydroxylation is 1. The lowest BCUT2D eigenvalue weighted by Crippen LogP contribution is -2.30. The van der Waals surface area contributed by atoms with Gasteiger partial charge < -0.3 is 14.0 Å². The molecule has 0 saturated carbocycles. The van der Waals surface area contributed by atoms with Crippen LogP contribution in [-0.2, 0) is 30.7 Å². The van der Waals surface area contributed by atoms with Crippen LogP contribution >= 0.6 is 0 Å². The average Bonchev–Trinajstić information content (AvgIpc) is 3.10. The highest BCUT2D eigenvalue weighted by Gasteiger charge is 2.37. The normalized spacial score (nSPS) is 15.7. The molecule has 0 aliphatic heterocycles. The molecule has 0 N–H and O–H groups in total. The minimum absolute atomic E-state index is 0.0238. The van der Waals surface area contributed by atoms with Crippen LogP contribution in [0.5, 0.6) is 0 Å². The third kappa shape index (κ3) is 4.46. The van der Waals surface area contributed by atoms with E-state index >= 15 is 0 Å².